The highest BCUT2D eigenvalue weighted by Gasteiger charge is 2.19. The Morgan fingerprint density at radius 3 is 2.86 bits per heavy atom. The minimum atomic E-state index is -0.710. The minimum Gasteiger partial charge on any atom is -0.481 e. The van der Waals surface area contributed by atoms with Crippen LogP contribution in [-0.4, -0.2) is 22.0 Å². The lowest BCUT2D eigenvalue weighted by Crippen LogP contribution is -2.36. The van der Waals surface area contributed by atoms with Crippen LogP contribution in [0.25, 0.3) is 11.0 Å². The number of hydrogen-bond acceptors (Lipinski definition) is 6. The predicted molar refractivity (Wildman–Crippen MR) is 103 cm³/mol. The molecule has 7 nitrogen and oxygen atoms in total. The second-order valence-corrected chi connectivity index (χ2v) is 6.89. The van der Waals surface area contributed by atoms with Crippen LogP contribution in [0.2, 0.25) is 0 Å². The average Bonchev–Trinajstić information content (AvgIpc) is 2.73. The summed E-state index contributed by atoms with van der Waals surface area (Å²) in [6.45, 7) is 1.94. The molecule has 0 bridgehead atoms. The van der Waals surface area contributed by atoms with Gasteiger partial charge in [0.25, 0.3) is 5.91 Å². The van der Waals surface area contributed by atoms with Crippen LogP contribution >= 0.6 is 0 Å². The fourth-order valence-corrected chi connectivity index (χ4v) is 3.50. The van der Waals surface area contributed by atoms with Crippen molar-refractivity contribution in [2.24, 2.45) is 0 Å². The molecule has 1 amide bonds. The van der Waals surface area contributed by atoms with E-state index in [2.05, 4.69) is 15.3 Å². The Morgan fingerprint density at radius 2 is 2.07 bits per heavy atom. The number of nitrogens with zero attached hydrogens (tertiary/aromatic N) is 2. The maximum Gasteiger partial charge on any atom is 0.339 e. The summed E-state index contributed by atoms with van der Waals surface area (Å²) in [6.07, 6.45) is 7.79. The van der Waals surface area contributed by atoms with Crippen LogP contribution in [0.1, 0.15) is 36.6 Å². The number of benzene rings is 1. The predicted octanol–water partition coefficient (Wildman–Crippen LogP) is 2.55. The molecule has 0 saturated carbocycles. The lowest BCUT2D eigenvalue weighted by Gasteiger charge is -2.17. The topological polar surface area (TPSA) is 94.3 Å². The summed E-state index contributed by atoms with van der Waals surface area (Å²) in [7, 11) is 0. The first kappa shape index (κ1) is 18.2. The first-order valence-electron chi connectivity index (χ1n) is 9.39. The molecule has 2 aromatic heterocycles. The molecule has 3 aromatic rings. The Labute approximate surface area is 161 Å². The summed E-state index contributed by atoms with van der Waals surface area (Å²) in [5, 5.41) is 3.71. The van der Waals surface area contributed by atoms with Gasteiger partial charge in [0.1, 0.15) is 11.3 Å². The fraction of sp³-hybridized carbons (Fsp3) is 0.333. The van der Waals surface area contributed by atoms with Crippen molar-refractivity contribution >= 4 is 16.9 Å². The lowest BCUT2D eigenvalue weighted by molar-refractivity contribution is -0.127. The third-order valence-corrected chi connectivity index (χ3v) is 4.94. The molecule has 7 heteroatoms. The van der Waals surface area contributed by atoms with E-state index in [1.807, 2.05) is 12.1 Å². The number of carbonyl (C=O) groups is 1. The number of nitrogens with one attached hydrogen (secondary N) is 1. The monoisotopic (exact) mass is 379 g/mol. The molecule has 2 heterocycles. The summed E-state index contributed by atoms with van der Waals surface area (Å²) in [6, 6.07) is 5.39. The van der Waals surface area contributed by atoms with Gasteiger partial charge in [-0.05, 0) is 50.3 Å². The highest BCUT2D eigenvalue weighted by molar-refractivity contribution is 5.83. The standard InChI is InChI=1S/C21H21N3O4/c1-13(20(25)24-12-14-11-22-8-9-23-14)27-15-6-7-17-16-4-2-3-5-18(16)21(26)28-19(17)10-15/h6-11,13H,2-5,12H2,1H3,(H,24,25). The van der Waals surface area contributed by atoms with Gasteiger partial charge in [0.2, 0.25) is 0 Å². The smallest absolute Gasteiger partial charge is 0.339 e. The Bertz CT molecular complexity index is 1060. The van der Waals surface area contributed by atoms with Crippen molar-refractivity contribution in [3.63, 3.8) is 0 Å². The van der Waals surface area contributed by atoms with Crippen molar-refractivity contribution in [3.05, 3.63) is 64.0 Å². The van der Waals surface area contributed by atoms with Crippen LogP contribution in [0.3, 0.4) is 0 Å². The zero-order valence-electron chi connectivity index (χ0n) is 15.6. The molecule has 1 aliphatic carbocycles. The summed E-state index contributed by atoms with van der Waals surface area (Å²) < 4.78 is 11.2. The minimum absolute atomic E-state index is 0.266. The normalized spacial score (nSPS) is 14.3. The van der Waals surface area contributed by atoms with Crippen LogP contribution < -0.4 is 15.7 Å². The first-order valence-corrected chi connectivity index (χ1v) is 9.39. The zero-order valence-corrected chi connectivity index (χ0v) is 15.6. The summed E-state index contributed by atoms with van der Waals surface area (Å²) in [4.78, 5) is 32.6. The van der Waals surface area contributed by atoms with Crippen molar-refractivity contribution in [2.45, 2.75) is 45.3 Å². The summed E-state index contributed by atoms with van der Waals surface area (Å²) >= 11 is 0. The van der Waals surface area contributed by atoms with E-state index in [0.717, 1.165) is 42.2 Å². The van der Waals surface area contributed by atoms with Crippen molar-refractivity contribution in [1.82, 2.24) is 15.3 Å². The highest BCUT2D eigenvalue weighted by Crippen LogP contribution is 2.29. The summed E-state index contributed by atoms with van der Waals surface area (Å²) in [5.74, 6) is 0.214. The van der Waals surface area contributed by atoms with E-state index in [-0.39, 0.29) is 18.1 Å². The maximum absolute atomic E-state index is 12.3. The third kappa shape index (κ3) is 3.74. The van der Waals surface area contributed by atoms with Gasteiger partial charge >= 0.3 is 5.63 Å². The van der Waals surface area contributed by atoms with E-state index >= 15 is 0 Å². The maximum atomic E-state index is 12.3. The number of hydrogen-bond donors (Lipinski definition) is 1. The van der Waals surface area contributed by atoms with Crippen LogP contribution in [0.5, 0.6) is 5.75 Å². The molecular weight excluding hydrogens is 358 g/mol. The molecule has 0 saturated heterocycles. The summed E-state index contributed by atoms with van der Waals surface area (Å²) in [5.41, 5.74) is 2.77. The molecule has 1 aromatic carbocycles. The Morgan fingerprint density at radius 1 is 1.25 bits per heavy atom. The van der Waals surface area contributed by atoms with Gasteiger partial charge < -0.3 is 14.5 Å². The number of amides is 1. The SMILES string of the molecule is CC(Oc1ccc2c3c(c(=O)oc2c1)CCCC3)C(=O)NCc1cnccn1. The fourth-order valence-electron chi connectivity index (χ4n) is 3.50. The van der Waals surface area contributed by atoms with E-state index in [9.17, 15) is 9.59 Å². The molecule has 4 rings (SSSR count). The Balaban J connectivity index is 1.48. The van der Waals surface area contributed by atoms with E-state index in [4.69, 9.17) is 9.15 Å². The van der Waals surface area contributed by atoms with Gasteiger partial charge in [-0.2, -0.15) is 0 Å². The van der Waals surface area contributed by atoms with Gasteiger partial charge in [-0.3, -0.25) is 14.8 Å². The molecular formula is C21H21N3O4. The third-order valence-electron chi connectivity index (χ3n) is 4.94. The molecule has 1 N–H and O–H groups in total. The number of aromatic nitrogens is 2. The molecule has 1 atom stereocenters. The molecule has 0 spiro atoms. The second kappa shape index (κ2) is 7.80. The number of ether oxygens (including phenoxy) is 1. The van der Waals surface area contributed by atoms with Crippen LogP contribution in [0.4, 0.5) is 0 Å². The molecule has 144 valence electrons. The van der Waals surface area contributed by atoms with Gasteiger partial charge in [0, 0.05) is 29.4 Å². The van der Waals surface area contributed by atoms with Crippen molar-refractivity contribution in [3.8, 4) is 5.75 Å². The second-order valence-electron chi connectivity index (χ2n) is 6.89. The number of rotatable bonds is 5. The van der Waals surface area contributed by atoms with Crippen molar-refractivity contribution in [1.29, 1.82) is 0 Å². The van der Waals surface area contributed by atoms with E-state index in [1.54, 1.807) is 31.6 Å². The molecule has 0 radical (unpaired) electrons. The number of aryl methyl sites for hydroxylation is 1. The highest BCUT2D eigenvalue weighted by atomic mass is 16.5. The van der Waals surface area contributed by atoms with E-state index in [0.29, 0.717) is 17.0 Å². The van der Waals surface area contributed by atoms with Gasteiger partial charge in [-0.15, -0.1) is 0 Å². The van der Waals surface area contributed by atoms with Crippen LogP contribution in [0, 0.1) is 0 Å². The van der Waals surface area contributed by atoms with Gasteiger partial charge in [0.15, 0.2) is 6.10 Å². The molecule has 28 heavy (non-hydrogen) atoms. The lowest BCUT2D eigenvalue weighted by atomic mass is 9.91. The Hall–Kier alpha value is -3.22. The van der Waals surface area contributed by atoms with Crippen LogP contribution in [0.15, 0.2) is 46.0 Å². The first-order chi connectivity index (χ1) is 13.6. The zero-order chi connectivity index (χ0) is 19.5. The molecule has 0 aliphatic heterocycles. The van der Waals surface area contributed by atoms with E-state index in [1.165, 1.54) is 0 Å². The molecule has 1 aliphatic rings. The van der Waals surface area contributed by atoms with Gasteiger partial charge in [-0.25, -0.2) is 4.79 Å². The molecule has 0 fully saturated rings. The average molecular weight is 379 g/mol. The van der Waals surface area contributed by atoms with Crippen LogP contribution in [-0.2, 0) is 24.2 Å². The number of carbonyl (C=O) groups excluding carboxylic acids is 1. The Kier molecular flexibility index (Phi) is 5.06. The molecule has 1 unspecified atom stereocenters. The van der Waals surface area contributed by atoms with Gasteiger partial charge in [0.05, 0.1) is 18.4 Å². The van der Waals surface area contributed by atoms with Crippen molar-refractivity contribution < 1.29 is 13.9 Å². The van der Waals surface area contributed by atoms with E-state index < -0.39 is 6.10 Å². The van der Waals surface area contributed by atoms with Gasteiger partial charge in [-0.1, -0.05) is 0 Å². The quantitative estimate of drug-likeness (QED) is 0.685. The number of fused-ring (bicyclic) bond motifs is 3. The largest absolute Gasteiger partial charge is 0.481 e. The van der Waals surface area contributed by atoms with Crippen molar-refractivity contribution in [2.75, 3.05) is 0 Å².